The number of carbonyl (C=O) groups excluding carboxylic acids is 1. The first-order chi connectivity index (χ1) is 10.5. The van der Waals surface area contributed by atoms with Gasteiger partial charge in [0.25, 0.3) is 5.91 Å². The van der Waals surface area contributed by atoms with E-state index >= 15 is 0 Å². The van der Waals surface area contributed by atoms with E-state index in [2.05, 4.69) is 11.9 Å². The molecule has 0 aromatic heterocycles. The van der Waals surface area contributed by atoms with Gasteiger partial charge in [0.2, 0.25) is 0 Å². The molecule has 1 aliphatic heterocycles. The van der Waals surface area contributed by atoms with Crippen LogP contribution in [0.5, 0.6) is 0 Å². The Labute approximate surface area is 128 Å². The Morgan fingerprint density at radius 3 is 2.86 bits per heavy atom. The summed E-state index contributed by atoms with van der Waals surface area (Å²) in [6.45, 7) is 4.85. The van der Waals surface area contributed by atoms with Gasteiger partial charge in [-0.2, -0.15) is 0 Å². The summed E-state index contributed by atoms with van der Waals surface area (Å²) >= 11 is 0. The second-order valence-electron chi connectivity index (χ2n) is 5.53. The number of halogens is 2. The zero-order chi connectivity index (χ0) is 16.2. The number of benzene rings is 1. The SMILES string of the molecule is C=CCNC[C@@]1(O)CCCN(Cc2ccc(F)c(F)c2)C1=O. The Hall–Kier alpha value is -1.79. The fourth-order valence-electron chi connectivity index (χ4n) is 2.62. The number of rotatable bonds is 6. The summed E-state index contributed by atoms with van der Waals surface area (Å²) in [5.74, 6) is -2.25. The molecule has 0 bridgehead atoms. The molecule has 1 saturated heterocycles. The summed E-state index contributed by atoms with van der Waals surface area (Å²) in [6.07, 6.45) is 2.68. The fourth-order valence-corrected chi connectivity index (χ4v) is 2.62. The van der Waals surface area contributed by atoms with Crippen LogP contribution in [0.2, 0.25) is 0 Å². The largest absolute Gasteiger partial charge is 0.379 e. The quantitative estimate of drug-likeness (QED) is 0.620. The molecule has 1 atom stereocenters. The number of piperidine rings is 1. The van der Waals surface area contributed by atoms with Crippen molar-refractivity contribution in [3.8, 4) is 0 Å². The second kappa shape index (κ2) is 6.98. The van der Waals surface area contributed by atoms with Crippen LogP contribution >= 0.6 is 0 Å². The van der Waals surface area contributed by atoms with Crippen LogP contribution in [-0.4, -0.2) is 41.1 Å². The van der Waals surface area contributed by atoms with Gasteiger partial charge in [-0.05, 0) is 30.5 Å². The highest BCUT2D eigenvalue weighted by atomic mass is 19.2. The summed E-state index contributed by atoms with van der Waals surface area (Å²) < 4.78 is 26.2. The van der Waals surface area contributed by atoms with E-state index in [1.165, 1.54) is 11.0 Å². The molecule has 0 saturated carbocycles. The van der Waals surface area contributed by atoms with Crippen LogP contribution in [0.25, 0.3) is 0 Å². The van der Waals surface area contributed by atoms with Crippen LogP contribution in [0.4, 0.5) is 8.78 Å². The smallest absolute Gasteiger partial charge is 0.256 e. The third-order valence-electron chi connectivity index (χ3n) is 3.77. The summed E-state index contributed by atoms with van der Waals surface area (Å²) in [5, 5.41) is 13.4. The summed E-state index contributed by atoms with van der Waals surface area (Å²) in [4.78, 5) is 13.9. The van der Waals surface area contributed by atoms with Crippen molar-refractivity contribution in [2.45, 2.75) is 25.0 Å². The molecule has 0 aliphatic carbocycles. The molecule has 0 unspecified atom stereocenters. The average molecular weight is 310 g/mol. The van der Waals surface area contributed by atoms with Gasteiger partial charge in [-0.25, -0.2) is 8.78 Å². The minimum absolute atomic E-state index is 0.145. The number of aliphatic hydroxyl groups is 1. The van der Waals surface area contributed by atoms with E-state index < -0.39 is 17.2 Å². The zero-order valence-electron chi connectivity index (χ0n) is 12.3. The van der Waals surface area contributed by atoms with Crippen molar-refractivity contribution < 1.29 is 18.7 Å². The van der Waals surface area contributed by atoms with Gasteiger partial charge in [-0.15, -0.1) is 6.58 Å². The Morgan fingerprint density at radius 1 is 1.41 bits per heavy atom. The van der Waals surface area contributed by atoms with E-state index in [1.54, 1.807) is 6.08 Å². The minimum atomic E-state index is -1.46. The maximum absolute atomic E-state index is 13.2. The Morgan fingerprint density at radius 2 is 2.18 bits per heavy atom. The first kappa shape index (κ1) is 16.6. The molecule has 1 aliphatic rings. The molecular formula is C16H20F2N2O2. The van der Waals surface area contributed by atoms with Crippen molar-refractivity contribution in [1.82, 2.24) is 10.2 Å². The number of carbonyl (C=O) groups is 1. The van der Waals surface area contributed by atoms with Crippen molar-refractivity contribution in [2.75, 3.05) is 19.6 Å². The first-order valence-electron chi connectivity index (χ1n) is 7.23. The van der Waals surface area contributed by atoms with Gasteiger partial charge in [0.05, 0.1) is 0 Å². The van der Waals surface area contributed by atoms with Crippen LogP contribution < -0.4 is 5.32 Å². The number of likely N-dealkylation sites (tertiary alicyclic amines) is 1. The lowest BCUT2D eigenvalue weighted by atomic mass is 9.91. The van der Waals surface area contributed by atoms with Gasteiger partial charge in [0, 0.05) is 26.2 Å². The molecule has 4 nitrogen and oxygen atoms in total. The maximum atomic E-state index is 13.2. The molecule has 6 heteroatoms. The monoisotopic (exact) mass is 310 g/mol. The van der Waals surface area contributed by atoms with E-state index in [4.69, 9.17) is 0 Å². The van der Waals surface area contributed by atoms with Crippen LogP contribution in [0.3, 0.4) is 0 Å². The minimum Gasteiger partial charge on any atom is -0.379 e. The van der Waals surface area contributed by atoms with Crippen LogP contribution in [0.1, 0.15) is 18.4 Å². The predicted octanol–water partition coefficient (Wildman–Crippen LogP) is 1.59. The van der Waals surface area contributed by atoms with Crippen LogP contribution in [-0.2, 0) is 11.3 Å². The first-order valence-corrected chi connectivity index (χ1v) is 7.23. The van der Waals surface area contributed by atoms with Crippen LogP contribution in [0, 0.1) is 11.6 Å². The molecule has 1 amide bonds. The Kier molecular flexibility index (Phi) is 5.26. The molecule has 2 N–H and O–H groups in total. The van der Waals surface area contributed by atoms with Crippen molar-refractivity contribution in [2.24, 2.45) is 0 Å². The third-order valence-corrected chi connectivity index (χ3v) is 3.77. The van der Waals surface area contributed by atoms with E-state index in [9.17, 15) is 18.7 Å². The molecule has 120 valence electrons. The molecule has 1 aromatic carbocycles. The zero-order valence-corrected chi connectivity index (χ0v) is 12.3. The number of hydrogen-bond donors (Lipinski definition) is 2. The Bertz CT molecular complexity index is 565. The van der Waals surface area contributed by atoms with Gasteiger partial charge in [-0.1, -0.05) is 12.1 Å². The summed E-state index contributed by atoms with van der Waals surface area (Å²) in [6, 6.07) is 3.55. The molecule has 1 fully saturated rings. The second-order valence-corrected chi connectivity index (χ2v) is 5.53. The van der Waals surface area contributed by atoms with E-state index in [1.807, 2.05) is 0 Å². The van der Waals surface area contributed by atoms with Crippen molar-refractivity contribution in [3.63, 3.8) is 0 Å². The van der Waals surface area contributed by atoms with Gasteiger partial charge >= 0.3 is 0 Å². The highest BCUT2D eigenvalue weighted by Crippen LogP contribution is 2.24. The lowest BCUT2D eigenvalue weighted by Crippen LogP contribution is -2.57. The van der Waals surface area contributed by atoms with Gasteiger partial charge < -0.3 is 15.3 Å². The van der Waals surface area contributed by atoms with Crippen molar-refractivity contribution in [1.29, 1.82) is 0 Å². The van der Waals surface area contributed by atoms with Gasteiger partial charge in [0.15, 0.2) is 17.2 Å². The summed E-state index contributed by atoms with van der Waals surface area (Å²) in [7, 11) is 0. The van der Waals surface area contributed by atoms with Gasteiger partial charge in [0.1, 0.15) is 0 Å². The molecule has 1 heterocycles. The van der Waals surface area contributed by atoms with E-state index in [0.717, 1.165) is 12.1 Å². The van der Waals surface area contributed by atoms with E-state index in [0.29, 0.717) is 31.5 Å². The summed E-state index contributed by atoms with van der Waals surface area (Å²) in [5.41, 5.74) is -0.963. The molecule has 0 radical (unpaired) electrons. The van der Waals surface area contributed by atoms with E-state index in [-0.39, 0.29) is 19.0 Å². The van der Waals surface area contributed by atoms with Crippen LogP contribution in [0.15, 0.2) is 30.9 Å². The van der Waals surface area contributed by atoms with Gasteiger partial charge in [-0.3, -0.25) is 4.79 Å². The third kappa shape index (κ3) is 3.69. The molecule has 1 aromatic rings. The number of hydrogen-bond acceptors (Lipinski definition) is 3. The number of amides is 1. The topological polar surface area (TPSA) is 52.6 Å². The molecule has 22 heavy (non-hydrogen) atoms. The highest BCUT2D eigenvalue weighted by Gasteiger charge is 2.41. The maximum Gasteiger partial charge on any atom is 0.256 e. The normalized spacial score (nSPS) is 22.0. The standard InChI is InChI=1S/C16H20F2N2O2/c1-2-7-19-11-16(22)6-3-8-20(15(16)21)10-12-4-5-13(17)14(18)9-12/h2,4-5,9,19,22H,1,3,6-8,10-11H2/t16-/m0/s1. The van der Waals surface area contributed by atoms with Crippen molar-refractivity contribution >= 4 is 5.91 Å². The average Bonchev–Trinajstić information content (AvgIpc) is 2.48. The number of nitrogens with one attached hydrogen (secondary N) is 1. The lowest BCUT2D eigenvalue weighted by molar-refractivity contribution is -0.157. The lowest BCUT2D eigenvalue weighted by Gasteiger charge is -2.38. The Balaban J connectivity index is 2.05. The molecular weight excluding hydrogens is 290 g/mol. The predicted molar refractivity (Wildman–Crippen MR) is 79.0 cm³/mol. The fraction of sp³-hybridized carbons (Fsp3) is 0.438. The molecule has 0 spiro atoms. The number of nitrogens with zero attached hydrogens (tertiary/aromatic N) is 1. The highest BCUT2D eigenvalue weighted by molar-refractivity contribution is 5.86. The van der Waals surface area contributed by atoms with Crippen molar-refractivity contribution in [3.05, 3.63) is 48.1 Å². The molecule has 2 rings (SSSR count).